The first-order valence-electron chi connectivity index (χ1n) is 11.3. The molecular weight excluding hydrogens is 432 g/mol. The van der Waals surface area contributed by atoms with Crippen LogP contribution in [0.2, 0.25) is 0 Å². The molecule has 2 aliphatic rings. The normalized spacial score (nSPS) is 31.6. The van der Waals surface area contributed by atoms with Crippen LogP contribution in [0.3, 0.4) is 0 Å². The Kier molecular flexibility index (Phi) is 7.22. The first-order chi connectivity index (χ1) is 15.3. The second-order valence-corrected chi connectivity index (χ2v) is 10.9. The van der Waals surface area contributed by atoms with Crippen molar-refractivity contribution in [3.63, 3.8) is 0 Å². The Morgan fingerprint density at radius 1 is 1.06 bits per heavy atom. The predicted octanol–water partition coefficient (Wildman–Crippen LogP) is 4.52. The fraction of sp³-hybridized carbons (Fsp3) is 0.520. The second-order valence-electron chi connectivity index (χ2n) is 9.27. The third-order valence-electron chi connectivity index (χ3n) is 7.23. The molecule has 1 saturated carbocycles. The minimum atomic E-state index is -1.36. The van der Waals surface area contributed by atoms with Crippen LogP contribution in [0.5, 0.6) is 0 Å². The van der Waals surface area contributed by atoms with Gasteiger partial charge in [-0.1, -0.05) is 30.3 Å². The summed E-state index contributed by atoms with van der Waals surface area (Å²) < 4.78 is 45.5. The lowest BCUT2D eigenvalue weighted by Gasteiger charge is -2.39. The van der Waals surface area contributed by atoms with E-state index in [9.17, 15) is 14.8 Å². The highest BCUT2D eigenvalue weighted by atomic mass is 32.2. The summed E-state index contributed by atoms with van der Waals surface area (Å²) in [7, 11) is 0. The van der Waals surface area contributed by atoms with Gasteiger partial charge in [0.1, 0.15) is 11.6 Å². The molecule has 1 unspecified atom stereocenters. The van der Waals surface area contributed by atoms with Crippen LogP contribution in [-0.4, -0.2) is 37.8 Å². The summed E-state index contributed by atoms with van der Waals surface area (Å²) in [5.74, 6) is -1.10. The molecule has 1 heterocycles. The van der Waals surface area contributed by atoms with Gasteiger partial charge in [-0.05, 0) is 56.7 Å². The number of aliphatic hydroxyl groups is 2. The number of benzene rings is 2. The number of aliphatic hydroxyl groups excluding tert-OH is 2. The molecule has 1 aliphatic heterocycles. The van der Waals surface area contributed by atoms with E-state index in [0.717, 1.165) is 18.4 Å². The van der Waals surface area contributed by atoms with Gasteiger partial charge < -0.3 is 14.8 Å². The third kappa shape index (κ3) is 4.59. The quantitative estimate of drug-likeness (QED) is 0.640. The van der Waals surface area contributed by atoms with Gasteiger partial charge in [-0.2, -0.15) is 0 Å². The van der Waals surface area contributed by atoms with Gasteiger partial charge in [0.15, 0.2) is 5.25 Å². The Hall–Kier alpha value is -1.51. The van der Waals surface area contributed by atoms with Crippen LogP contribution in [0.4, 0.5) is 8.78 Å². The molecule has 0 amide bonds. The molecule has 1 aliphatic carbocycles. The Balaban J connectivity index is 1.58. The van der Waals surface area contributed by atoms with Crippen molar-refractivity contribution in [2.45, 2.75) is 74.8 Å². The maximum absolute atomic E-state index is 15.2. The zero-order valence-electron chi connectivity index (χ0n) is 18.3. The SMILES string of the molecule is C[C@H]1CC[C@@H](c2ccccc2)[S+]([O-])N1Cc1cc(F)c(C2(CO)CCC(O)CC2)cc1F. The average molecular weight is 464 g/mol. The first kappa shape index (κ1) is 23.6. The van der Waals surface area contributed by atoms with Crippen LogP contribution < -0.4 is 0 Å². The van der Waals surface area contributed by atoms with Crippen molar-refractivity contribution in [1.29, 1.82) is 0 Å². The first-order valence-corrected chi connectivity index (χ1v) is 12.5. The summed E-state index contributed by atoms with van der Waals surface area (Å²) in [6.07, 6.45) is 2.87. The molecular formula is C25H31F2NO3S. The van der Waals surface area contributed by atoms with E-state index in [1.807, 2.05) is 37.3 Å². The molecule has 2 fully saturated rings. The molecule has 0 spiro atoms. The van der Waals surface area contributed by atoms with Crippen molar-refractivity contribution < 1.29 is 23.5 Å². The Morgan fingerprint density at radius 3 is 2.41 bits per heavy atom. The van der Waals surface area contributed by atoms with Gasteiger partial charge in [0, 0.05) is 34.3 Å². The molecule has 4 nitrogen and oxygen atoms in total. The number of rotatable bonds is 5. The van der Waals surface area contributed by atoms with Crippen molar-refractivity contribution in [3.8, 4) is 0 Å². The summed E-state index contributed by atoms with van der Waals surface area (Å²) in [5, 5.41) is 19.7. The molecule has 0 bridgehead atoms. The summed E-state index contributed by atoms with van der Waals surface area (Å²) in [4.78, 5) is 0. The predicted molar refractivity (Wildman–Crippen MR) is 121 cm³/mol. The van der Waals surface area contributed by atoms with Crippen LogP contribution in [0.1, 0.15) is 67.4 Å². The second kappa shape index (κ2) is 9.77. The lowest BCUT2D eigenvalue weighted by Crippen LogP contribution is -2.45. The average Bonchev–Trinajstić information content (AvgIpc) is 2.80. The van der Waals surface area contributed by atoms with Crippen molar-refractivity contribution in [2.24, 2.45) is 0 Å². The zero-order chi connectivity index (χ0) is 22.9. The van der Waals surface area contributed by atoms with Crippen molar-refractivity contribution in [2.75, 3.05) is 6.61 Å². The van der Waals surface area contributed by atoms with Gasteiger partial charge >= 0.3 is 0 Å². The minimum Gasteiger partial charge on any atom is -0.597 e. The lowest BCUT2D eigenvalue weighted by molar-refractivity contribution is 0.0656. The highest BCUT2D eigenvalue weighted by molar-refractivity contribution is 7.89. The molecule has 3 atom stereocenters. The number of halogens is 2. The molecule has 0 radical (unpaired) electrons. The van der Waals surface area contributed by atoms with Crippen molar-refractivity contribution in [1.82, 2.24) is 4.31 Å². The number of hydrogen-bond acceptors (Lipinski definition) is 4. The number of nitrogens with zero attached hydrogens (tertiary/aromatic N) is 1. The fourth-order valence-corrected chi connectivity index (χ4v) is 6.88. The van der Waals surface area contributed by atoms with Gasteiger partial charge in [0.25, 0.3) is 0 Å². The van der Waals surface area contributed by atoms with E-state index in [0.29, 0.717) is 25.7 Å². The van der Waals surface area contributed by atoms with Gasteiger partial charge in [0.05, 0.1) is 25.3 Å². The molecule has 4 rings (SSSR count). The monoisotopic (exact) mass is 463 g/mol. The largest absolute Gasteiger partial charge is 0.597 e. The Bertz CT molecular complexity index is 921. The smallest absolute Gasteiger partial charge is 0.160 e. The molecule has 2 aromatic carbocycles. The van der Waals surface area contributed by atoms with Gasteiger partial charge in [-0.3, -0.25) is 0 Å². The molecule has 7 heteroatoms. The van der Waals surface area contributed by atoms with Crippen LogP contribution >= 0.6 is 0 Å². The maximum atomic E-state index is 15.2. The molecule has 2 N–H and O–H groups in total. The highest BCUT2D eigenvalue weighted by Crippen LogP contribution is 2.42. The minimum absolute atomic E-state index is 0.0125. The van der Waals surface area contributed by atoms with E-state index in [1.165, 1.54) is 12.1 Å². The molecule has 1 saturated heterocycles. The summed E-state index contributed by atoms with van der Waals surface area (Å²) in [5.41, 5.74) is 0.462. The maximum Gasteiger partial charge on any atom is 0.160 e. The van der Waals surface area contributed by atoms with Crippen LogP contribution in [0, 0.1) is 11.6 Å². The molecule has 32 heavy (non-hydrogen) atoms. The van der Waals surface area contributed by atoms with Crippen LogP contribution in [0.15, 0.2) is 42.5 Å². The van der Waals surface area contributed by atoms with E-state index < -0.39 is 34.5 Å². The lowest BCUT2D eigenvalue weighted by atomic mass is 9.69. The Labute approximate surface area is 191 Å². The zero-order valence-corrected chi connectivity index (χ0v) is 19.2. The summed E-state index contributed by atoms with van der Waals surface area (Å²) >= 11 is -1.36. The van der Waals surface area contributed by atoms with E-state index >= 15 is 8.78 Å². The van der Waals surface area contributed by atoms with E-state index in [2.05, 4.69) is 0 Å². The highest BCUT2D eigenvalue weighted by Gasteiger charge is 2.41. The van der Waals surface area contributed by atoms with Gasteiger partial charge in [-0.15, -0.1) is 4.31 Å². The number of hydrogen-bond donors (Lipinski definition) is 2. The summed E-state index contributed by atoms with van der Waals surface area (Å²) in [6.45, 7) is 1.74. The third-order valence-corrected chi connectivity index (χ3v) is 9.18. The molecule has 174 valence electrons. The van der Waals surface area contributed by atoms with E-state index in [4.69, 9.17) is 0 Å². The van der Waals surface area contributed by atoms with E-state index in [-0.39, 0.29) is 35.6 Å². The fourth-order valence-electron chi connectivity index (χ4n) is 5.10. The topological polar surface area (TPSA) is 66.8 Å². The van der Waals surface area contributed by atoms with Gasteiger partial charge in [0.2, 0.25) is 0 Å². The summed E-state index contributed by atoms with van der Waals surface area (Å²) in [6, 6.07) is 12.1. The van der Waals surface area contributed by atoms with Crippen molar-refractivity contribution in [3.05, 3.63) is 70.8 Å². The van der Waals surface area contributed by atoms with Gasteiger partial charge in [-0.25, -0.2) is 8.78 Å². The standard InChI is InChI=1S/C25H31F2NO3S/c1-17-7-8-24(18-5-3-2-4-6-18)32(31)28(17)15-19-13-23(27)21(14-22(19)26)25(16-29)11-9-20(30)10-12-25/h2-6,13-14,17,20,24,29-30H,7-12,15-16H2,1H3/t17-,20?,24-,25?,32?/m0/s1. The molecule has 0 aromatic heterocycles. The molecule has 2 aromatic rings. The van der Waals surface area contributed by atoms with Crippen LogP contribution in [0.25, 0.3) is 0 Å². The van der Waals surface area contributed by atoms with Crippen molar-refractivity contribution >= 4 is 11.4 Å². The van der Waals surface area contributed by atoms with E-state index in [1.54, 1.807) is 4.31 Å². The Morgan fingerprint density at radius 2 is 1.75 bits per heavy atom. The van der Waals surface area contributed by atoms with Crippen LogP contribution in [-0.2, 0) is 23.3 Å².